The molecule has 0 unspecified atom stereocenters. The summed E-state index contributed by atoms with van der Waals surface area (Å²) in [5.74, 6) is 0.951. The first-order valence-electron chi connectivity index (χ1n) is 7.40. The van der Waals surface area contributed by atoms with Crippen LogP contribution >= 0.6 is 0 Å². The van der Waals surface area contributed by atoms with Gasteiger partial charge in [-0.1, -0.05) is 0 Å². The second kappa shape index (κ2) is 5.68. The number of aliphatic imine (C=N–C) groups is 1. The molecule has 1 aliphatic rings. The monoisotopic (exact) mass is 290 g/mol. The first-order chi connectivity index (χ1) is 9.71. The number of phenols is 1. The lowest BCUT2D eigenvalue weighted by molar-refractivity contribution is 0.164. The summed E-state index contributed by atoms with van der Waals surface area (Å²) in [5, 5.41) is 13.6. The summed E-state index contributed by atoms with van der Waals surface area (Å²) in [5.41, 5.74) is 0.837. The Labute approximate surface area is 127 Å². The van der Waals surface area contributed by atoms with Crippen molar-refractivity contribution in [3.63, 3.8) is 0 Å². The maximum Gasteiger partial charge on any atom is 0.124 e. The van der Waals surface area contributed by atoms with E-state index in [1.165, 1.54) is 0 Å². The fraction of sp³-hybridized carbons (Fsp3) is 0.588. The molecule has 4 nitrogen and oxygen atoms in total. The number of nitrogens with one attached hydrogen (secondary N) is 1. The van der Waals surface area contributed by atoms with Gasteiger partial charge in [-0.3, -0.25) is 4.99 Å². The van der Waals surface area contributed by atoms with Gasteiger partial charge in [0.25, 0.3) is 0 Å². The van der Waals surface area contributed by atoms with E-state index < -0.39 is 0 Å². The summed E-state index contributed by atoms with van der Waals surface area (Å²) in [7, 11) is 1.62. The highest BCUT2D eigenvalue weighted by atomic mass is 16.5. The molecule has 1 aromatic carbocycles. The molecular formula is C17H26N2O2. The molecule has 2 N–H and O–H groups in total. The van der Waals surface area contributed by atoms with Gasteiger partial charge in [0.05, 0.1) is 13.2 Å². The van der Waals surface area contributed by atoms with E-state index >= 15 is 0 Å². The molecule has 1 aliphatic heterocycles. The lowest BCUT2D eigenvalue weighted by Gasteiger charge is -2.45. The van der Waals surface area contributed by atoms with Gasteiger partial charge in [0.2, 0.25) is 0 Å². The molecule has 2 rings (SSSR count). The molecule has 1 saturated heterocycles. The molecule has 1 aromatic rings. The minimum Gasteiger partial charge on any atom is -0.507 e. The Balaban J connectivity index is 2.17. The van der Waals surface area contributed by atoms with E-state index in [-0.39, 0.29) is 22.9 Å². The zero-order chi connectivity index (χ0) is 15.7. The fourth-order valence-corrected chi connectivity index (χ4v) is 3.32. The van der Waals surface area contributed by atoms with Crippen LogP contribution in [0.5, 0.6) is 11.5 Å². The number of hydrogen-bond donors (Lipinski definition) is 2. The smallest absolute Gasteiger partial charge is 0.124 e. The predicted octanol–water partition coefficient (Wildman–Crippen LogP) is 3.13. The normalized spacial score (nSPS) is 21.6. The molecule has 1 heterocycles. The zero-order valence-electron chi connectivity index (χ0n) is 13.6. The molecule has 21 heavy (non-hydrogen) atoms. The standard InChI is InChI=1S/C17H26N2O2/c1-16(2)9-13(10-17(3,4)19-16)18-11-12-8-14(21-5)6-7-15(12)20/h6-8,11,13,19-20H,9-10H2,1-5H3. The molecule has 0 saturated carbocycles. The molecule has 0 bridgehead atoms. The van der Waals surface area contributed by atoms with E-state index in [1.54, 1.807) is 31.5 Å². The number of methoxy groups -OCH3 is 1. The van der Waals surface area contributed by atoms with Crippen LogP contribution < -0.4 is 10.1 Å². The first kappa shape index (κ1) is 15.8. The van der Waals surface area contributed by atoms with Crippen molar-refractivity contribution in [2.45, 2.75) is 57.7 Å². The SMILES string of the molecule is COc1ccc(O)c(C=NC2CC(C)(C)NC(C)(C)C2)c1. The summed E-state index contributed by atoms with van der Waals surface area (Å²) < 4.78 is 5.19. The number of aromatic hydroxyl groups is 1. The molecule has 0 aromatic heterocycles. The van der Waals surface area contributed by atoms with E-state index in [4.69, 9.17) is 9.73 Å². The van der Waals surface area contributed by atoms with Gasteiger partial charge in [-0.2, -0.15) is 0 Å². The first-order valence-corrected chi connectivity index (χ1v) is 7.40. The topological polar surface area (TPSA) is 53.9 Å². The van der Waals surface area contributed by atoms with Crippen LogP contribution in [-0.4, -0.2) is 35.6 Å². The number of benzene rings is 1. The number of piperidine rings is 1. The van der Waals surface area contributed by atoms with Crippen LogP contribution in [0.2, 0.25) is 0 Å². The Hall–Kier alpha value is -1.55. The number of nitrogens with zero attached hydrogens (tertiary/aromatic N) is 1. The zero-order valence-corrected chi connectivity index (χ0v) is 13.6. The summed E-state index contributed by atoms with van der Waals surface area (Å²) in [4.78, 5) is 4.70. The highest BCUT2D eigenvalue weighted by Crippen LogP contribution is 2.30. The largest absolute Gasteiger partial charge is 0.507 e. The highest BCUT2D eigenvalue weighted by Gasteiger charge is 2.37. The van der Waals surface area contributed by atoms with E-state index in [0.717, 1.165) is 18.6 Å². The summed E-state index contributed by atoms with van der Waals surface area (Å²) in [6.45, 7) is 8.83. The lowest BCUT2D eigenvalue weighted by Crippen LogP contribution is -2.58. The molecule has 1 fully saturated rings. The van der Waals surface area contributed by atoms with Crippen molar-refractivity contribution >= 4 is 6.21 Å². The van der Waals surface area contributed by atoms with E-state index in [1.807, 2.05) is 0 Å². The van der Waals surface area contributed by atoms with Crippen molar-refractivity contribution in [3.05, 3.63) is 23.8 Å². The number of ether oxygens (including phenoxy) is 1. The Morgan fingerprint density at radius 1 is 1.24 bits per heavy atom. The quantitative estimate of drug-likeness (QED) is 0.841. The van der Waals surface area contributed by atoms with Crippen molar-refractivity contribution in [1.82, 2.24) is 5.32 Å². The molecule has 0 atom stereocenters. The van der Waals surface area contributed by atoms with Crippen LogP contribution in [0.3, 0.4) is 0 Å². The molecule has 116 valence electrons. The maximum absolute atomic E-state index is 9.91. The van der Waals surface area contributed by atoms with Crippen molar-refractivity contribution in [3.8, 4) is 11.5 Å². The molecule has 0 amide bonds. The van der Waals surface area contributed by atoms with Gasteiger partial charge < -0.3 is 15.2 Å². The highest BCUT2D eigenvalue weighted by molar-refractivity contribution is 5.84. The van der Waals surface area contributed by atoms with Gasteiger partial charge in [0.15, 0.2) is 0 Å². The third-order valence-corrected chi connectivity index (χ3v) is 3.83. The summed E-state index contributed by atoms with van der Waals surface area (Å²) in [6, 6.07) is 5.43. The number of hydrogen-bond acceptors (Lipinski definition) is 4. The van der Waals surface area contributed by atoms with Gasteiger partial charge in [-0.25, -0.2) is 0 Å². The van der Waals surface area contributed by atoms with Gasteiger partial charge in [-0.15, -0.1) is 0 Å². The van der Waals surface area contributed by atoms with Crippen LogP contribution in [0.4, 0.5) is 0 Å². The van der Waals surface area contributed by atoms with Crippen molar-refractivity contribution in [1.29, 1.82) is 0 Å². The maximum atomic E-state index is 9.91. The average molecular weight is 290 g/mol. The minimum absolute atomic E-state index is 0.0696. The van der Waals surface area contributed by atoms with Crippen LogP contribution in [-0.2, 0) is 0 Å². The Morgan fingerprint density at radius 3 is 2.43 bits per heavy atom. The van der Waals surface area contributed by atoms with Crippen LogP contribution in [0.1, 0.15) is 46.1 Å². The van der Waals surface area contributed by atoms with Crippen LogP contribution in [0.15, 0.2) is 23.2 Å². The van der Waals surface area contributed by atoms with E-state index in [0.29, 0.717) is 5.56 Å². The third kappa shape index (κ3) is 4.21. The van der Waals surface area contributed by atoms with Gasteiger partial charge in [0.1, 0.15) is 11.5 Å². The molecular weight excluding hydrogens is 264 g/mol. The summed E-state index contributed by atoms with van der Waals surface area (Å²) in [6.07, 6.45) is 3.73. The minimum atomic E-state index is 0.0696. The van der Waals surface area contributed by atoms with Crippen molar-refractivity contribution in [2.75, 3.05) is 7.11 Å². The van der Waals surface area contributed by atoms with Crippen molar-refractivity contribution in [2.24, 2.45) is 4.99 Å². The van der Waals surface area contributed by atoms with E-state index in [9.17, 15) is 5.11 Å². The molecule has 0 aliphatic carbocycles. The second-order valence-corrected chi connectivity index (χ2v) is 7.16. The second-order valence-electron chi connectivity index (χ2n) is 7.16. The number of phenolic OH excluding ortho intramolecular Hbond substituents is 1. The van der Waals surface area contributed by atoms with Crippen LogP contribution in [0, 0.1) is 0 Å². The Bertz CT molecular complexity index is 520. The predicted molar refractivity (Wildman–Crippen MR) is 86.6 cm³/mol. The fourth-order valence-electron chi connectivity index (χ4n) is 3.32. The summed E-state index contributed by atoms with van der Waals surface area (Å²) >= 11 is 0. The van der Waals surface area contributed by atoms with Gasteiger partial charge in [-0.05, 0) is 58.7 Å². The Morgan fingerprint density at radius 2 is 1.86 bits per heavy atom. The molecule has 0 spiro atoms. The molecule has 0 radical (unpaired) electrons. The average Bonchev–Trinajstić information content (AvgIpc) is 2.34. The van der Waals surface area contributed by atoms with Crippen LogP contribution in [0.25, 0.3) is 0 Å². The lowest BCUT2D eigenvalue weighted by atomic mass is 9.80. The number of rotatable bonds is 3. The third-order valence-electron chi connectivity index (χ3n) is 3.83. The van der Waals surface area contributed by atoms with Gasteiger partial charge >= 0.3 is 0 Å². The Kier molecular flexibility index (Phi) is 4.28. The molecule has 4 heteroatoms. The van der Waals surface area contributed by atoms with Gasteiger partial charge in [0, 0.05) is 22.9 Å². The van der Waals surface area contributed by atoms with Crippen molar-refractivity contribution < 1.29 is 9.84 Å². The van der Waals surface area contributed by atoms with E-state index in [2.05, 4.69) is 33.0 Å².